The van der Waals surface area contributed by atoms with E-state index >= 15 is 0 Å². The Morgan fingerprint density at radius 2 is 0.796 bits per heavy atom. The number of nitrogens with zero attached hydrogens (tertiary/aromatic N) is 8. The molecule has 0 aromatic carbocycles. The van der Waals surface area contributed by atoms with Crippen molar-refractivity contribution in [2.24, 2.45) is 17.4 Å². The molecule has 0 spiro atoms. The maximum Gasteiger partial charge on any atom is 0.410 e. The molecule has 0 radical (unpaired) electrons. The van der Waals surface area contributed by atoms with Crippen LogP contribution in [0.2, 0.25) is 0 Å². The number of carbonyl (C=O) groups is 5. The van der Waals surface area contributed by atoms with Crippen LogP contribution in [0.3, 0.4) is 0 Å². The van der Waals surface area contributed by atoms with E-state index in [1.54, 1.807) is 70.6 Å². The predicted molar refractivity (Wildman–Crippen MR) is 371 cm³/mol. The van der Waals surface area contributed by atoms with Gasteiger partial charge in [0.2, 0.25) is 29.5 Å². The maximum absolute atomic E-state index is 12.4. The summed E-state index contributed by atoms with van der Waals surface area (Å²) in [5, 5.41) is 12.2. The third kappa shape index (κ3) is 18.4. The average molecular weight is 1370 g/mol. The van der Waals surface area contributed by atoms with Gasteiger partial charge in [-0.2, -0.15) is 0 Å². The van der Waals surface area contributed by atoms with E-state index in [4.69, 9.17) is 35.2 Å². The first kappa shape index (κ1) is 75.8. The highest BCUT2D eigenvalue weighted by molar-refractivity contribution is 7.19. The Morgan fingerprint density at radius 1 is 0.495 bits per heavy atom. The van der Waals surface area contributed by atoms with Crippen LogP contribution in [-0.2, 0) is 43.1 Å². The number of ether oxygens (including phenoxy) is 5. The summed E-state index contributed by atoms with van der Waals surface area (Å²) in [5.41, 5.74) is 13.4. The zero-order chi connectivity index (χ0) is 63.5. The van der Waals surface area contributed by atoms with Crippen LogP contribution in [-0.4, -0.2) is 130 Å². The number of hydrogen-bond acceptors (Lipinski definition) is 19. The Morgan fingerprint density at radius 3 is 1.08 bits per heavy atom. The first-order chi connectivity index (χ1) is 42.4. The van der Waals surface area contributed by atoms with Crippen LogP contribution >= 0.6 is 46.4 Å². The molecular formula is C68H101ClN10O11S3. The van der Waals surface area contributed by atoms with Crippen LogP contribution in [0.4, 0.5) is 9.59 Å². The monoisotopic (exact) mass is 1360 g/mol. The number of amides is 4. The van der Waals surface area contributed by atoms with Gasteiger partial charge in [-0.25, -0.2) is 39.5 Å². The van der Waals surface area contributed by atoms with Gasteiger partial charge in [0, 0.05) is 53.7 Å². The molecule has 0 aliphatic heterocycles. The molecule has 6 aromatic heterocycles. The SMILES string of the molecule is C.C.C.CCC1CCC(Oc2ncnc3sc4c(c23)[C@@H](CC(N)=O)CC4)CC1.CN(C(=O)OC(C)(C)C)C1CCC(Oc2ncnc3sc4c(c23)[C@@H](CC(=O)O)CC4)CC1.CN(C(=O)OC(C)(C)C)C1CCC(Oc2ncnc3sc4c(c23)[C@@H](CC(N)=O)CC4)CC1.Cl. The smallest absolute Gasteiger partial charge is 0.410 e. The highest BCUT2D eigenvalue weighted by Gasteiger charge is 2.38. The molecule has 3 atom stereocenters. The third-order valence-corrected chi connectivity index (χ3v) is 21.9. The third-order valence-electron chi connectivity index (χ3n) is 18.4. The van der Waals surface area contributed by atoms with Gasteiger partial charge >= 0.3 is 18.2 Å². The second kappa shape index (κ2) is 32.5. The van der Waals surface area contributed by atoms with Crippen LogP contribution < -0.4 is 25.7 Å². The Bertz CT molecular complexity index is 3360. The van der Waals surface area contributed by atoms with Gasteiger partial charge < -0.3 is 50.1 Å². The first-order valence-electron chi connectivity index (χ1n) is 31.9. The summed E-state index contributed by atoms with van der Waals surface area (Å²) in [6.07, 6.45) is 23.4. The van der Waals surface area contributed by atoms with Gasteiger partial charge in [-0.3, -0.25) is 14.4 Å². The summed E-state index contributed by atoms with van der Waals surface area (Å²) in [7, 11) is 3.60. The number of thiophene rings is 3. The summed E-state index contributed by atoms with van der Waals surface area (Å²) in [6.45, 7) is 13.5. The normalized spacial score (nSPS) is 22.8. The van der Waals surface area contributed by atoms with Crippen LogP contribution in [0.1, 0.15) is 242 Å². The molecule has 4 amide bonds. The minimum atomic E-state index is -0.783. The minimum Gasteiger partial charge on any atom is -0.481 e. The molecule has 25 heteroatoms. The van der Waals surface area contributed by atoms with E-state index < -0.39 is 17.2 Å². The number of hydrogen-bond donors (Lipinski definition) is 3. The highest BCUT2D eigenvalue weighted by Crippen LogP contribution is 2.50. The number of aryl methyl sites for hydroxylation is 3. The fraction of sp³-hybridized carbons (Fsp3) is 0.662. The molecule has 21 nitrogen and oxygen atoms in total. The van der Waals surface area contributed by atoms with E-state index in [1.807, 2.05) is 41.5 Å². The number of aliphatic carboxylic acids is 1. The zero-order valence-electron chi connectivity index (χ0n) is 53.4. The summed E-state index contributed by atoms with van der Waals surface area (Å²) in [4.78, 5) is 95.7. The van der Waals surface area contributed by atoms with Gasteiger partial charge in [-0.1, -0.05) is 35.6 Å². The molecule has 514 valence electrons. The van der Waals surface area contributed by atoms with E-state index in [1.165, 1.54) is 45.8 Å². The summed E-state index contributed by atoms with van der Waals surface area (Å²) in [5.74, 6) is 1.70. The number of carboxylic acid groups (broad SMARTS) is 1. The molecule has 0 saturated heterocycles. The molecule has 0 unspecified atom stereocenters. The second-order valence-corrected chi connectivity index (χ2v) is 30.2. The van der Waals surface area contributed by atoms with Crippen molar-refractivity contribution in [1.82, 2.24) is 39.7 Å². The standard InChI is InChI=1S/C23H32N4O4S.C23H31N3O5S.C19H25N3O2S.3CH4.ClH/c1-23(2,3)31-22(29)27(4)14-6-8-15(9-7-14)30-20-19-18-13(11-17(24)28)5-10-16(18)32-21(19)26-12-25-20;1-23(2,3)31-22(29)26(4)14-6-8-15(9-7-14)30-20-19-18-13(11-17(27)28)5-10-16(18)32-21(19)25-12-24-20;1-2-11-3-6-13(7-4-11)24-18-17-16-12(9-15(20)23)5-8-14(16)25-19(17)22-10-21-18;;;;/h12-15H,5-11H2,1-4H3,(H2,24,28);12-15H,5-11H2,1-4H3,(H,27,28);10-13H,2-9H2,1H3,(H2,20,23);3*1H4;1H/t2*13-,14?,15?;11?,12-,13?;;;;/m111..../s1. The zero-order valence-corrected chi connectivity index (χ0v) is 56.6. The van der Waals surface area contributed by atoms with E-state index in [9.17, 15) is 29.1 Å². The molecule has 5 N–H and O–H groups in total. The first-order valence-corrected chi connectivity index (χ1v) is 34.3. The number of rotatable bonds is 15. The number of primary amides is 2. The number of aromatic nitrogens is 6. The number of halogens is 1. The second-order valence-electron chi connectivity index (χ2n) is 27.0. The van der Waals surface area contributed by atoms with Crippen molar-refractivity contribution in [3.8, 4) is 17.6 Å². The molecule has 12 rings (SSSR count). The fourth-order valence-electron chi connectivity index (χ4n) is 13.9. The maximum atomic E-state index is 12.4. The van der Waals surface area contributed by atoms with Gasteiger partial charge in [0.05, 0.1) is 22.6 Å². The Hall–Kier alpha value is -6.24. The van der Waals surface area contributed by atoms with Crippen molar-refractivity contribution < 1.29 is 52.8 Å². The quantitative estimate of drug-likeness (QED) is 0.0861. The van der Waals surface area contributed by atoms with Crippen LogP contribution in [0, 0.1) is 5.92 Å². The van der Waals surface area contributed by atoms with Crippen LogP contribution in [0.15, 0.2) is 19.0 Å². The van der Waals surface area contributed by atoms with Crippen molar-refractivity contribution in [3.05, 3.63) is 50.3 Å². The molecule has 3 saturated carbocycles. The van der Waals surface area contributed by atoms with E-state index in [0.29, 0.717) is 30.5 Å². The van der Waals surface area contributed by atoms with E-state index in [2.05, 4.69) is 36.8 Å². The van der Waals surface area contributed by atoms with Crippen molar-refractivity contribution in [3.63, 3.8) is 0 Å². The van der Waals surface area contributed by atoms with E-state index in [-0.39, 0.29) is 113 Å². The predicted octanol–water partition coefficient (Wildman–Crippen LogP) is 15.2. The lowest BCUT2D eigenvalue weighted by molar-refractivity contribution is -0.137. The van der Waals surface area contributed by atoms with Gasteiger partial charge in [0.25, 0.3) is 0 Å². The van der Waals surface area contributed by atoms with Gasteiger partial charge in [-0.05, 0) is 197 Å². The minimum absolute atomic E-state index is 0. The Kier molecular flexibility index (Phi) is 26.5. The fourth-order valence-corrected chi connectivity index (χ4v) is 17.6. The lowest BCUT2D eigenvalue weighted by Gasteiger charge is -2.35. The number of nitrogens with two attached hydrogens (primary N) is 2. The highest BCUT2D eigenvalue weighted by atomic mass is 35.5. The van der Waals surface area contributed by atoms with Gasteiger partial charge in [0.1, 0.15) is 63.0 Å². The van der Waals surface area contributed by atoms with Crippen molar-refractivity contribution in [2.45, 2.75) is 271 Å². The molecule has 93 heavy (non-hydrogen) atoms. The van der Waals surface area contributed by atoms with Crippen LogP contribution in [0.5, 0.6) is 17.6 Å². The molecule has 3 fully saturated rings. The van der Waals surface area contributed by atoms with Gasteiger partial charge in [-0.15, -0.1) is 46.4 Å². The lowest BCUT2D eigenvalue weighted by atomic mass is 9.86. The molecule has 6 aliphatic carbocycles. The molecular weight excluding hydrogens is 1260 g/mol. The van der Waals surface area contributed by atoms with Crippen LogP contribution in [0.25, 0.3) is 30.6 Å². The largest absolute Gasteiger partial charge is 0.481 e. The molecule has 6 aliphatic rings. The van der Waals surface area contributed by atoms with Gasteiger partial charge in [0.15, 0.2) is 0 Å². The van der Waals surface area contributed by atoms with Crippen molar-refractivity contribution >= 4 is 107 Å². The number of fused-ring (bicyclic) bond motifs is 9. The average Bonchev–Trinajstić information content (AvgIpc) is 1.63. The molecule has 0 bridgehead atoms. The summed E-state index contributed by atoms with van der Waals surface area (Å²) in [6, 6.07) is 0.265. The topological polar surface area (TPSA) is 288 Å². The van der Waals surface area contributed by atoms with Crippen molar-refractivity contribution in [1.29, 1.82) is 0 Å². The molecule has 6 aromatic rings. The lowest BCUT2D eigenvalue weighted by Crippen LogP contribution is -2.43. The molecule has 6 heterocycles. The summed E-state index contributed by atoms with van der Waals surface area (Å²) < 4.78 is 30.1. The van der Waals surface area contributed by atoms with Crippen molar-refractivity contribution in [2.75, 3.05) is 14.1 Å². The van der Waals surface area contributed by atoms with E-state index in [0.717, 1.165) is 150 Å². The number of carbonyl (C=O) groups excluding carboxylic acids is 4. The summed E-state index contributed by atoms with van der Waals surface area (Å²) >= 11 is 5.00. The number of carboxylic acids is 1. The Labute approximate surface area is 567 Å². The Balaban J connectivity index is 0.000000218.